The molecule has 2 aromatic rings. The molecule has 194 valence electrons. The van der Waals surface area contributed by atoms with Gasteiger partial charge in [-0.05, 0) is 52.0 Å². The first-order valence-electron chi connectivity index (χ1n) is 12.5. The van der Waals surface area contributed by atoms with Gasteiger partial charge in [-0.25, -0.2) is 0 Å². The van der Waals surface area contributed by atoms with Crippen LogP contribution >= 0.6 is 21.6 Å². The van der Waals surface area contributed by atoms with Crippen molar-refractivity contribution in [1.82, 2.24) is 9.80 Å². The second-order valence-corrected chi connectivity index (χ2v) is 12.5. The summed E-state index contributed by atoms with van der Waals surface area (Å²) in [4.78, 5) is 32.9. The maximum atomic E-state index is 13.2. The number of morpholine rings is 2. The van der Waals surface area contributed by atoms with E-state index in [2.05, 4.69) is 9.80 Å². The average Bonchev–Trinajstić information content (AvgIpc) is 2.92. The molecule has 2 saturated heterocycles. The normalized spacial score (nSPS) is 18.2. The summed E-state index contributed by atoms with van der Waals surface area (Å²) >= 11 is 0. The lowest BCUT2D eigenvalue weighted by Gasteiger charge is -2.39. The summed E-state index contributed by atoms with van der Waals surface area (Å²) in [5.74, 6) is 0.266. The maximum absolute atomic E-state index is 13.2. The van der Waals surface area contributed by atoms with E-state index in [9.17, 15) is 9.59 Å². The molecule has 2 heterocycles. The Labute approximate surface area is 222 Å². The van der Waals surface area contributed by atoms with E-state index < -0.39 is 11.1 Å². The number of carbonyl (C=O) groups is 2. The lowest BCUT2D eigenvalue weighted by atomic mass is 9.91. The summed E-state index contributed by atoms with van der Waals surface area (Å²) in [6.07, 6.45) is 0. The van der Waals surface area contributed by atoms with Crippen molar-refractivity contribution in [2.45, 2.75) is 48.6 Å². The van der Waals surface area contributed by atoms with Crippen LogP contribution in [0.4, 0.5) is 0 Å². The van der Waals surface area contributed by atoms with Gasteiger partial charge in [0.2, 0.25) is 0 Å². The standard InChI is InChI=1S/C28H36N2O4S2/c1-27(2,29-13-17-33-18-14-29)25(31)21-5-9-23(10-6-21)35-36-24-11-7-22(8-12-24)26(32)28(3,4)30-15-19-34-20-16-30/h5-12H,13-20H2,1-4H3. The minimum atomic E-state index is -0.553. The second kappa shape index (κ2) is 11.8. The fourth-order valence-electron chi connectivity index (χ4n) is 4.66. The number of ketones is 2. The topological polar surface area (TPSA) is 59.1 Å². The summed E-state index contributed by atoms with van der Waals surface area (Å²) in [7, 11) is 3.29. The van der Waals surface area contributed by atoms with Crippen molar-refractivity contribution >= 4 is 33.2 Å². The van der Waals surface area contributed by atoms with Gasteiger partial charge >= 0.3 is 0 Å². The highest BCUT2D eigenvalue weighted by Gasteiger charge is 2.37. The summed E-state index contributed by atoms with van der Waals surface area (Å²) in [5.41, 5.74) is 0.351. The molecule has 0 amide bonds. The highest BCUT2D eigenvalue weighted by molar-refractivity contribution is 8.76. The van der Waals surface area contributed by atoms with Gasteiger partial charge in [0.1, 0.15) is 0 Å². The number of Topliss-reactive ketones (excluding diaryl/α,β-unsaturated/α-hetero) is 2. The van der Waals surface area contributed by atoms with Gasteiger partial charge in [0, 0.05) is 47.1 Å². The first-order chi connectivity index (χ1) is 17.2. The molecule has 0 atom stereocenters. The Hall–Kier alpha value is -1.68. The van der Waals surface area contributed by atoms with E-state index in [1.54, 1.807) is 21.6 Å². The minimum Gasteiger partial charge on any atom is -0.379 e. The van der Waals surface area contributed by atoms with E-state index in [1.165, 1.54) is 0 Å². The van der Waals surface area contributed by atoms with Crippen LogP contribution in [0.3, 0.4) is 0 Å². The third kappa shape index (κ3) is 6.23. The molecule has 0 unspecified atom stereocenters. The molecule has 8 heteroatoms. The molecule has 0 aliphatic carbocycles. The van der Waals surface area contributed by atoms with E-state index in [0.717, 1.165) is 47.1 Å². The molecular formula is C28H36N2O4S2. The molecular weight excluding hydrogens is 492 g/mol. The molecule has 2 aliphatic heterocycles. The largest absolute Gasteiger partial charge is 0.379 e. The smallest absolute Gasteiger partial charge is 0.182 e. The Morgan fingerprint density at radius 3 is 1.22 bits per heavy atom. The molecule has 0 bridgehead atoms. The number of ether oxygens (including phenoxy) is 2. The van der Waals surface area contributed by atoms with Crippen LogP contribution in [0.5, 0.6) is 0 Å². The van der Waals surface area contributed by atoms with Gasteiger partial charge < -0.3 is 9.47 Å². The molecule has 0 spiro atoms. The maximum Gasteiger partial charge on any atom is 0.182 e. The summed E-state index contributed by atoms with van der Waals surface area (Å²) in [6.45, 7) is 13.8. The Kier molecular flexibility index (Phi) is 8.96. The van der Waals surface area contributed by atoms with Crippen molar-refractivity contribution in [2.24, 2.45) is 0 Å². The van der Waals surface area contributed by atoms with E-state index >= 15 is 0 Å². The van der Waals surface area contributed by atoms with Crippen molar-refractivity contribution < 1.29 is 19.1 Å². The number of hydrogen-bond acceptors (Lipinski definition) is 8. The van der Waals surface area contributed by atoms with Gasteiger partial charge in [-0.3, -0.25) is 19.4 Å². The number of rotatable bonds is 9. The molecule has 0 radical (unpaired) electrons. The van der Waals surface area contributed by atoms with Gasteiger partial charge in [-0.2, -0.15) is 0 Å². The number of hydrogen-bond donors (Lipinski definition) is 0. The van der Waals surface area contributed by atoms with Crippen LogP contribution in [0.1, 0.15) is 48.4 Å². The van der Waals surface area contributed by atoms with Crippen molar-refractivity contribution in [3.05, 3.63) is 59.7 Å². The molecule has 6 nitrogen and oxygen atoms in total. The van der Waals surface area contributed by atoms with Crippen LogP contribution in [0.25, 0.3) is 0 Å². The molecule has 4 rings (SSSR count). The highest BCUT2D eigenvalue weighted by atomic mass is 33.1. The first-order valence-corrected chi connectivity index (χ1v) is 14.6. The monoisotopic (exact) mass is 528 g/mol. The average molecular weight is 529 g/mol. The van der Waals surface area contributed by atoms with Gasteiger partial charge in [0.25, 0.3) is 0 Å². The zero-order valence-electron chi connectivity index (χ0n) is 21.6. The van der Waals surface area contributed by atoms with E-state index in [4.69, 9.17) is 9.47 Å². The number of benzene rings is 2. The van der Waals surface area contributed by atoms with Crippen molar-refractivity contribution in [2.75, 3.05) is 52.6 Å². The third-order valence-corrected chi connectivity index (χ3v) is 9.60. The van der Waals surface area contributed by atoms with E-state index in [0.29, 0.717) is 26.4 Å². The minimum absolute atomic E-state index is 0.133. The molecule has 0 aromatic heterocycles. The van der Waals surface area contributed by atoms with E-state index in [1.807, 2.05) is 76.2 Å². The Morgan fingerprint density at radius 2 is 0.917 bits per heavy atom. The van der Waals surface area contributed by atoms with Crippen LogP contribution in [-0.2, 0) is 9.47 Å². The molecule has 2 fully saturated rings. The molecule has 2 aliphatic rings. The van der Waals surface area contributed by atoms with Crippen molar-refractivity contribution in [3.8, 4) is 0 Å². The van der Waals surface area contributed by atoms with Gasteiger partial charge in [-0.1, -0.05) is 45.9 Å². The van der Waals surface area contributed by atoms with Crippen LogP contribution in [-0.4, -0.2) is 85.1 Å². The first kappa shape index (κ1) is 27.4. The fourth-order valence-corrected chi connectivity index (χ4v) is 6.59. The zero-order chi connectivity index (χ0) is 25.8. The predicted molar refractivity (Wildman–Crippen MR) is 146 cm³/mol. The van der Waals surface area contributed by atoms with Gasteiger partial charge in [0.15, 0.2) is 11.6 Å². The van der Waals surface area contributed by atoms with Gasteiger partial charge in [-0.15, -0.1) is 0 Å². The van der Waals surface area contributed by atoms with E-state index in [-0.39, 0.29) is 11.6 Å². The lowest BCUT2D eigenvalue weighted by molar-refractivity contribution is -0.00443. The SMILES string of the molecule is CC(C)(C(=O)c1ccc(SSc2ccc(C(=O)C(C)(C)N3CCOCC3)cc2)cc1)N1CCOCC1. The summed E-state index contributed by atoms with van der Waals surface area (Å²) in [6, 6.07) is 15.7. The Morgan fingerprint density at radius 1 is 0.611 bits per heavy atom. The Bertz CT molecular complexity index is 957. The van der Waals surface area contributed by atoms with Crippen molar-refractivity contribution in [1.29, 1.82) is 0 Å². The van der Waals surface area contributed by atoms with Crippen molar-refractivity contribution in [3.63, 3.8) is 0 Å². The van der Waals surface area contributed by atoms with Crippen LogP contribution < -0.4 is 0 Å². The Balaban J connectivity index is 1.33. The molecule has 36 heavy (non-hydrogen) atoms. The molecule has 2 aromatic carbocycles. The van der Waals surface area contributed by atoms with Crippen LogP contribution in [0.2, 0.25) is 0 Å². The zero-order valence-corrected chi connectivity index (χ0v) is 23.3. The lowest BCUT2D eigenvalue weighted by Crippen LogP contribution is -2.54. The van der Waals surface area contributed by atoms with Gasteiger partial charge in [0.05, 0.1) is 37.5 Å². The van der Waals surface area contributed by atoms with Crippen LogP contribution in [0.15, 0.2) is 58.3 Å². The second-order valence-electron chi connectivity index (χ2n) is 10.2. The quantitative estimate of drug-likeness (QED) is 0.330. The number of nitrogens with zero attached hydrogens (tertiary/aromatic N) is 2. The number of carbonyl (C=O) groups excluding carboxylic acids is 2. The third-order valence-electron chi connectivity index (χ3n) is 7.18. The molecule has 0 saturated carbocycles. The fraction of sp³-hybridized carbons (Fsp3) is 0.500. The highest BCUT2D eigenvalue weighted by Crippen LogP contribution is 2.38. The summed E-state index contributed by atoms with van der Waals surface area (Å²) < 4.78 is 10.9. The van der Waals surface area contributed by atoms with Crippen LogP contribution in [0, 0.1) is 0 Å². The predicted octanol–water partition coefficient (Wildman–Crippen LogP) is 5.07. The molecule has 0 N–H and O–H groups in total. The summed E-state index contributed by atoms with van der Waals surface area (Å²) in [5, 5.41) is 0.